The zero-order valence-electron chi connectivity index (χ0n) is 10.4. The topological polar surface area (TPSA) is 32.3 Å². The first-order chi connectivity index (χ1) is 8.24. The summed E-state index contributed by atoms with van der Waals surface area (Å²) in [5.41, 5.74) is 2.73. The van der Waals surface area contributed by atoms with Crippen molar-refractivity contribution in [3.63, 3.8) is 0 Å². The summed E-state index contributed by atoms with van der Waals surface area (Å²) < 4.78 is 0. The summed E-state index contributed by atoms with van der Waals surface area (Å²) in [5.74, 6) is 1.29. The van der Waals surface area contributed by atoms with Gasteiger partial charge in [-0.05, 0) is 68.2 Å². The van der Waals surface area contributed by atoms with Gasteiger partial charge in [0.25, 0.3) is 0 Å². The van der Waals surface area contributed by atoms with E-state index in [1.165, 1.54) is 36.8 Å². The van der Waals surface area contributed by atoms with Gasteiger partial charge in [0, 0.05) is 12.1 Å². The summed E-state index contributed by atoms with van der Waals surface area (Å²) in [5, 5.41) is 13.4. The summed E-state index contributed by atoms with van der Waals surface area (Å²) >= 11 is 0. The molecule has 1 aromatic rings. The first-order valence-corrected chi connectivity index (χ1v) is 6.82. The lowest BCUT2D eigenvalue weighted by Crippen LogP contribution is -2.34. The van der Waals surface area contributed by atoms with Gasteiger partial charge in [-0.1, -0.05) is 6.07 Å². The Kier molecular flexibility index (Phi) is 2.83. The van der Waals surface area contributed by atoms with Crippen LogP contribution in [0.1, 0.15) is 49.8 Å². The Morgan fingerprint density at radius 3 is 2.88 bits per heavy atom. The van der Waals surface area contributed by atoms with E-state index in [0.717, 1.165) is 12.3 Å². The van der Waals surface area contributed by atoms with E-state index in [1.54, 1.807) is 0 Å². The highest BCUT2D eigenvalue weighted by Gasteiger charge is 2.30. The molecule has 17 heavy (non-hydrogen) atoms. The summed E-state index contributed by atoms with van der Waals surface area (Å²) in [6.07, 6.45) is 6.38. The highest BCUT2D eigenvalue weighted by Crippen LogP contribution is 2.36. The van der Waals surface area contributed by atoms with Crippen molar-refractivity contribution in [2.24, 2.45) is 5.92 Å². The first-order valence-electron chi connectivity index (χ1n) is 6.82. The average molecular weight is 231 g/mol. The number of fused-ring (bicyclic) bond motifs is 1. The number of phenols is 1. The third-order valence-electron chi connectivity index (χ3n) is 4.24. The van der Waals surface area contributed by atoms with Gasteiger partial charge >= 0.3 is 0 Å². The molecule has 0 bridgehead atoms. The molecule has 2 aliphatic carbocycles. The van der Waals surface area contributed by atoms with Crippen LogP contribution >= 0.6 is 0 Å². The number of hydrogen-bond acceptors (Lipinski definition) is 2. The van der Waals surface area contributed by atoms with Crippen molar-refractivity contribution in [2.75, 3.05) is 0 Å². The molecule has 0 spiro atoms. The molecule has 1 saturated carbocycles. The maximum atomic E-state index is 9.63. The fraction of sp³-hybridized carbons (Fsp3) is 0.600. The van der Waals surface area contributed by atoms with Crippen LogP contribution in [0.2, 0.25) is 0 Å². The molecule has 2 atom stereocenters. The maximum absolute atomic E-state index is 9.63. The number of aryl methyl sites for hydroxylation is 1. The number of hydrogen-bond donors (Lipinski definition) is 2. The van der Waals surface area contributed by atoms with Gasteiger partial charge in [-0.15, -0.1) is 0 Å². The molecule has 0 saturated heterocycles. The molecule has 2 nitrogen and oxygen atoms in total. The zero-order chi connectivity index (χ0) is 11.8. The van der Waals surface area contributed by atoms with Gasteiger partial charge in [-0.25, -0.2) is 0 Å². The van der Waals surface area contributed by atoms with Crippen molar-refractivity contribution in [1.29, 1.82) is 0 Å². The summed E-state index contributed by atoms with van der Waals surface area (Å²) in [4.78, 5) is 0. The van der Waals surface area contributed by atoms with Crippen LogP contribution in [0.3, 0.4) is 0 Å². The van der Waals surface area contributed by atoms with Crippen LogP contribution in [-0.4, -0.2) is 11.1 Å². The van der Waals surface area contributed by atoms with Crippen molar-refractivity contribution < 1.29 is 5.11 Å². The summed E-state index contributed by atoms with van der Waals surface area (Å²) in [7, 11) is 0. The van der Waals surface area contributed by atoms with E-state index in [9.17, 15) is 5.11 Å². The van der Waals surface area contributed by atoms with E-state index < -0.39 is 0 Å². The molecule has 92 valence electrons. The van der Waals surface area contributed by atoms with Crippen LogP contribution in [0.5, 0.6) is 5.75 Å². The molecule has 2 aliphatic rings. The molecule has 2 N–H and O–H groups in total. The van der Waals surface area contributed by atoms with Crippen LogP contribution in [0.15, 0.2) is 18.2 Å². The Hall–Kier alpha value is -1.02. The van der Waals surface area contributed by atoms with E-state index in [0.29, 0.717) is 17.8 Å². The standard InChI is InChI=1S/C15H21NO/c1-10(11-5-6-11)16-15-4-2-3-12-7-8-13(17)9-14(12)15/h7-11,15-17H,2-6H2,1H3. The van der Waals surface area contributed by atoms with E-state index in [4.69, 9.17) is 0 Å². The van der Waals surface area contributed by atoms with E-state index >= 15 is 0 Å². The minimum absolute atomic E-state index is 0.400. The number of rotatable bonds is 3. The van der Waals surface area contributed by atoms with Crippen LogP contribution in [-0.2, 0) is 6.42 Å². The minimum atomic E-state index is 0.400. The molecule has 0 heterocycles. The Morgan fingerprint density at radius 2 is 2.12 bits per heavy atom. The van der Waals surface area contributed by atoms with Crippen LogP contribution < -0.4 is 5.32 Å². The SMILES string of the molecule is CC(NC1CCCc2ccc(O)cc21)C1CC1. The molecule has 2 heteroatoms. The largest absolute Gasteiger partial charge is 0.508 e. The Morgan fingerprint density at radius 1 is 1.29 bits per heavy atom. The molecule has 2 unspecified atom stereocenters. The van der Waals surface area contributed by atoms with Gasteiger partial charge in [-0.2, -0.15) is 0 Å². The molecule has 0 aliphatic heterocycles. The van der Waals surface area contributed by atoms with E-state index in [2.05, 4.69) is 18.3 Å². The predicted octanol–water partition coefficient (Wildman–Crippen LogP) is 3.16. The quantitative estimate of drug-likeness (QED) is 0.837. The molecule has 0 aromatic heterocycles. The Labute approximate surface area is 103 Å². The van der Waals surface area contributed by atoms with Gasteiger partial charge in [0.15, 0.2) is 0 Å². The molecule has 1 aromatic carbocycles. The highest BCUT2D eigenvalue weighted by atomic mass is 16.3. The third kappa shape index (κ3) is 2.32. The lowest BCUT2D eigenvalue weighted by molar-refractivity contribution is 0.383. The number of benzene rings is 1. The molecule has 1 fully saturated rings. The average Bonchev–Trinajstić information content (AvgIpc) is 3.13. The van der Waals surface area contributed by atoms with E-state index in [-0.39, 0.29) is 0 Å². The second kappa shape index (κ2) is 4.34. The molecular weight excluding hydrogens is 210 g/mol. The number of aromatic hydroxyl groups is 1. The normalized spacial score (nSPS) is 25.4. The first kappa shape index (κ1) is 11.1. The van der Waals surface area contributed by atoms with Crippen molar-refractivity contribution in [3.05, 3.63) is 29.3 Å². The van der Waals surface area contributed by atoms with E-state index in [1.807, 2.05) is 12.1 Å². The van der Waals surface area contributed by atoms with Crippen molar-refractivity contribution >= 4 is 0 Å². The van der Waals surface area contributed by atoms with Crippen LogP contribution in [0.25, 0.3) is 0 Å². The minimum Gasteiger partial charge on any atom is -0.508 e. The van der Waals surface area contributed by atoms with Gasteiger partial charge in [0.1, 0.15) is 5.75 Å². The second-order valence-electron chi connectivity index (χ2n) is 5.62. The summed E-state index contributed by atoms with van der Waals surface area (Å²) in [6, 6.07) is 6.91. The van der Waals surface area contributed by atoms with Crippen LogP contribution in [0.4, 0.5) is 0 Å². The van der Waals surface area contributed by atoms with Crippen molar-refractivity contribution in [2.45, 2.75) is 51.1 Å². The molecule has 3 rings (SSSR count). The number of nitrogens with one attached hydrogen (secondary N) is 1. The zero-order valence-corrected chi connectivity index (χ0v) is 10.4. The Balaban J connectivity index is 1.80. The molecular formula is C15H21NO. The van der Waals surface area contributed by atoms with Gasteiger partial charge < -0.3 is 10.4 Å². The smallest absolute Gasteiger partial charge is 0.115 e. The monoisotopic (exact) mass is 231 g/mol. The predicted molar refractivity (Wildman–Crippen MR) is 69.1 cm³/mol. The van der Waals surface area contributed by atoms with Crippen molar-refractivity contribution in [1.82, 2.24) is 5.32 Å². The maximum Gasteiger partial charge on any atom is 0.115 e. The molecule has 0 radical (unpaired) electrons. The van der Waals surface area contributed by atoms with Gasteiger partial charge in [0.2, 0.25) is 0 Å². The van der Waals surface area contributed by atoms with Gasteiger partial charge in [-0.3, -0.25) is 0 Å². The third-order valence-corrected chi connectivity index (χ3v) is 4.24. The lowest BCUT2D eigenvalue weighted by atomic mass is 9.87. The Bertz CT molecular complexity index is 411. The van der Waals surface area contributed by atoms with Crippen molar-refractivity contribution in [3.8, 4) is 5.75 Å². The highest BCUT2D eigenvalue weighted by molar-refractivity contribution is 5.38. The fourth-order valence-electron chi connectivity index (χ4n) is 3.01. The summed E-state index contributed by atoms with van der Waals surface area (Å²) in [6.45, 7) is 2.30. The fourth-order valence-corrected chi connectivity index (χ4v) is 3.01. The molecule has 0 amide bonds. The number of phenolic OH excluding ortho intramolecular Hbond substituents is 1. The van der Waals surface area contributed by atoms with Crippen LogP contribution in [0, 0.1) is 5.92 Å². The van der Waals surface area contributed by atoms with Gasteiger partial charge in [0.05, 0.1) is 0 Å². The lowest BCUT2D eigenvalue weighted by Gasteiger charge is -2.29. The second-order valence-corrected chi connectivity index (χ2v) is 5.62.